The summed E-state index contributed by atoms with van der Waals surface area (Å²) in [5.74, 6) is -0.700. The van der Waals surface area contributed by atoms with Gasteiger partial charge >= 0.3 is 0 Å². The fraction of sp³-hybridized carbons (Fsp3) is 0.478. The van der Waals surface area contributed by atoms with Crippen molar-refractivity contribution in [2.24, 2.45) is 11.8 Å². The minimum atomic E-state index is -3.54. The van der Waals surface area contributed by atoms with E-state index in [9.17, 15) is 28.2 Å². The third kappa shape index (κ3) is 9.33. The smallest absolute Gasteiger partial charge is 0.233 e. The molecule has 0 bridgehead atoms. The number of amides is 1. The summed E-state index contributed by atoms with van der Waals surface area (Å²) in [5.41, 5.74) is 0. The van der Waals surface area contributed by atoms with E-state index in [4.69, 9.17) is 4.74 Å². The van der Waals surface area contributed by atoms with Gasteiger partial charge < -0.3 is 14.9 Å². The molecule has 2 rings (SSSR count). The zero-order valence-electron chi connectivity index (χ0n) is 18.1. The standard InChI is InChI=1S/C23H31NO7S/c1-32(29,30)24-23(28)12-8-3-2-7-11-19-20(22(27)15-21(19)26)14-13-17(25)16-31-18-9-5-4-6-10-18/h2,4-7,9-10,13-14,17,19-20,22,25,27H,3,8,11-12,15-16H2,1H3,(H,24,28)/t17-,19-,20-,22-/m1/s1. The number of hydrogen-bond acceptors (Lipinski definition) is 7. The van der Waals surface area contributed by atoms with Crippen molar-refractivity contribution in [1.29, 1.82) is 0 Å². The van der Waals surface area contributed by atoms with Crippen LogP contribution in [0.2, 0.25) is 0 Å². The molecule has 1 aromatic carbocycles. The van der Waals surface area contributed by atoms with Crippen molar-refractivity contribution in [1.82, 2.24) is 4.72 Å². The summed E-state index contributed by atoms with van der Waals surface area (Å²) in [4.78, 5) is 23.7. The number of carbonyl (C=O) groups excluding carboxylic acids is 2. The summed E-state index contributed by atoms with van der Waals surface area (Å²) in [6.45, 7) is 0.0642. The Morgan fingerprint density at radius 1 is 1.28 bits per heavy atom. The number of benzene rings is 1. The lowest BCUT2D eigenvalue weighted by Gasteiger charge is -2.17. The van der Waals surface area contributed by atoms with Crippen LogP contribution in [-0.2, 0) is 19.6 Å². The summed E-state index contributed by atoms with van der Waals surface area (Å²) >= 11 is 0. The maximum atomic E-state index is 12.3. The Morgan fingerprint density at radius 3 is 2.69 bits per heavy atom. The molecule has 0 heterocycles. The first-order chi connectivity index (χ1) is 15.2. The fourth-order valence-corrected chi connectivity index (χ4v) is 4.05. The number of aliphatic hydroxyl groups is 2. The molecular formula is C23H31NO7S. The van der Waals surface area contributed by atoms with Gasteiger partial charge in [-0.05, 0) is 31.4 Å². The summed E-state index contributed by atoms with van der Waals surface area (Å²) in [7, 11) is -3.54. The van der Waals surface area contributed by atoms with Gasteiger partial charge in [-0.3, -0.25) is 14.3 Å². The van der Waals surface area contributed by atoms with Crippen LogP contribution in [0.5, 0.6) is 5.75 Å². The number of Topliss-reactive ketones (excluding diaryl/α,β-unsaturated/α-hetero) is 1. The first-order valence-electron chi connectivity index (χ1n) is 10.6. The Bertz CT molecular complexity index is 912. The van der Waals surface area contributed by atoms with Gasteiger partial charge in [0.2, 0.25) is 15.9 Å². The average Bonchev–Trinajstić information content (AvgIpc) is 2.99. The Kier molecular flexibility index (Phi) is 10.1. The number of carbonyl (C=O) groups is 2. The van der Waals surface area contributed by atoms with Crippen LogP contribution < -0.4 is 9.46 Å². The molecule has 0 aromatic heterocycles. The molecule has 0 unspecified atom stereocenters. The SMILES string of the molecule is CS(=O)(=O)NC(=O)CCCC=CC[C@H]1C(=O)C[C@@H](O)[C@@H]1C=C[C@@H](O)COc1ccccc1. The number of para-hydroxylation sites is 1. The van der Waals surface area contributed by atoms with Crippen molar-refractivity contribution in [3.63, 3.8) is 0 Å². The molecular weight excluding hydrogens is 434 g/mol. The Balaban J connectivity index is 1.78. The molecule has 8 nitrogen and oxygen atoms in total. The molecule has 1 aliphatic rings. The largest absolute Gasteiger partial charge is 0.491 e. The molecule has 176 valence electrons. The second-order valence-corrected chi connectivity index (χ2v) is 9.64. The molecule has 1 saturated carbocycles. The number of ketones is 1. The molecule has 1 aliphatic carbocycles. The van der Waals surface area contributed by atoms with Crippen molar-refractivity contribution in [3.05, 3.63) is 54.6 Å². The van der Waals surface area contributed by atoms with E-state index in [2.05, 4.69) is 0 Å². The van der Waals surface area contributed by atoms with Crippen LogP contribution >= 0.6 is 0 Å². The first-order valence-corrected chi connectivity index (χ1v) is 12.5. The highest BCUT2D eigenvalue weighted by atomic mass is 32.2. The molecule has 0 saturated heterocycles. The van der Waals surface area contributed by atoms with Gasteiger partial charge in [0.05, 0.1) is 12.4 Å². The van der Waals surface area contributed by atoms with Crippen LogP contribution in [-0.4, -0.2) is 55.4 Å². The highest BCUT2D eigenvalue weighted by Crippen LogP contribution is 2.33. The molecule has 0 spiro atoms. The van der Waals surface area contributed by atoms with Crippen LogP contribution in [0.15, 0.2) is 54.6 Å². The zero-order valence-corrected chi connectivity index (χ0v) is 18.9. The summed E-state index contributed by atoms with van der Waals surface area (Å²) < 4.78 is 29.4. The van der Waals surface area contributed by atoms with E-state index in [0.29, 0.717) is 25.0 Å². The molecule has 9 heteroatoms. The second-order valence-electron chi connectivity index (χ2n) is 7.89. The highest BCUT2D eigenvalue weighted by Gasteiger charge is 2.39. The summed E-state index contributed by atoms with van der Waals surface area (Å²) in [5, 5.41) is 20.4. The maximum absolute atomic E-state index is 12.3. The molecule has 32 heavy (non-hydrogen) atoms. The third-order valence-corrected chi connectivity index (χ3v) is 5.68. The van der Waals surface area contributed by atoms with Gasteiger partial charge in [-0.1, -0.05) is 42.5 Å². The van der Waals surface area contributed by atoms with E-state index in [1.165, 1.54) is 0 Å². The zero-order chi connectivity index (χ0) is 23.6. The van der Waals surface area contributed by atoms with Gasteiger partial charge in [-0.25, -0.2) is 8.42 Å². The lowest BCUT2D eigenvalue weighted by Crippen LogP contribution is -2.28. The highest BCUT2D eigenvalue weighted by molar-refractivity contribution is 7.89. The number of aliphatic hydroxyl groups excluding tert-OH is 2. The number of ether oxygens (including phenoxy) is 1. The lowest BCUT2D eigenvalue weighted by atomic mass is 9.90. The normalized spacial score (nSPS) is 22.5. The van der Waals surface area contributed by atoms with Crippen molar-refractivity contribution < 1.29 is 33.0 Å². The molecule has 1 amide bonds. The monoisotopic (exact) mass is 465 g/mol. The Morgan fingerprint density at radius 2 is 2.00 bits per heavy atom. The van der Waals surface area contributed by atoms with Gasteiger partial charge in [0, 0.05) is 24.7 Å². The van der Waals surface area contributed by atoms with Crippen LogP contribution in [0, 0.1) is 11.8 Å². The Hall–Kier alpha value is -2.49. The van der Waals surface area contributed by atoms with Crippen LogP contribution in [0.1, 0.15) is 32.1 Å². The maximum Gasteiger partial charge on any atom is 0.233 e. The minimum Gasteiger partial charge on any atom is -0.491 e. The Labute approximate surface area is 189 Å². The van der Waals surface area contributed by atoms with Crippen molar-refractivity contribution >= 4 is 21.7 Å². The average molecular weight is 466 g/mol. The first kappa shape index (κ1) is 25.8. The number of nitrogens with one attached hydrogen (secondary N) is 1. The van der Waals surface area contributed by atoms with E-state index < -0.39 is 28.1 Å². The summed E-state index contributed by atoms with van der Waals surface area (Å²) in [6, 6.07) is 9.11. The lowest BCUT2D eigenvalue weighted by molar-refractivity contribution is -0.121. The minimum absolute atomic E-state index is 0.0284. The molecule has 1 fully saturated rings. The van der Waals surface area contributed by atoms with Crippen molar-refractivity contribution in [2.75, 3.05) is 12.9 Å². The number of allylic oxidation sites excluding steroid dienone is 2. The number of unbranched alkanes of at least 4 members (excludes halogenated alkanes) is 1. The van der Waals surface area contributed by atoms with E-state index in [-0.39, 0.29) is 37.1 Å². The van der Waals surface area contributed by atoms with Crippen LogP contribution in [0.25, 0.3) is 0 Å². The quantitative estimate of drug-likeness (QED) is 0.317. The van der Waals surface area contributed by atoms with E-state index in [1.807, 2.05) is 35.1 Å². The van der Waals surface area contributed by atoms with Gasteiger partial charge in [0.25, 0.3) is 0 Å². The van der Waals surface area contributed by atoms with Gasteiger partial charge in [-0.15, -0.1) is 0 Å². The van der Waals surface area contributed by atoms with Crippen molar-refractivity contribution in [3.8, 4) is 5.75 Å². The second kappa shape index (κ2) is 12.5. The van der Waals surface area contributed by atoms with E-state index >= 15 is 0 Å². The number of hydrogen-bond donors (Lipinski definition) is 3. The fourth-order valence-electron chi connectivity index (χ4n) is 3.54. The predicted molar refractivity (Wildman–Crippen MR) is 120 cm³/mol. The van der Waals surface area contributed by atoms with Gasteiger partial charge in [-0.2, -0.15) is 0 Å². The summed E-state index contributed by atoms with van der Waals surface area (Å²) in [6.07, 6.45) is 7.84. The molecule has 0 aliphatic heterocycles. The molecule has 1 aromatic rings. The molecule has 3 N–H and O–H groups in total. The third-order valence-electron chi connectivity index (χ3n) is 5.08. The molecule has 4 atom stereocenters. The van der Waals surface area contributed by atoms with Crippen LogP contribution in [0.4, 0.5) is 0 Å². The predicted octanol–water partition coefficient (Wildman–Crippen LogP) is 1.74. The topological polar surface area (TPSA) is 130 Å². The van der Waals surface area contributed by atoms with Gasteiger partial charge in [0.15, 0.2) is 0 Å². The van der Waals surface area contributed by atoms with Crippen molar-refractivity contribution in [2.45, 2.75) is 44.3 Å². The van der Waals surface area contributed by atoms with E-state index in [0.717, 1.165) is 6.26 Å². The number of rotatable bonds is 12. The van der Waals surface area contributed by atoms with Gasteiger partial charge in [0.1, 0.15) is 24.2 Å². The number of sulfonamides is 1. The van der Waals surface area contributed by atoms with E-state index in [1.54, 1.807) is 24.3 Å². The van der Waals surface area contributed by atoms with Crippen LogP contribution in [0.3, 0.4) is 0 Å². The molecule has 0 radical (unpaired) electrons.